The number of hydrogen-bond acceptors (Lipinski definition) is 2. The molecule has 2 rings (SSSR count). The molecule has 1 atom stereocenters. The topological polar surface area (TPSA) is 67.2 Å². The number of nitrogens with two attached hydrogens (primary N) is 1. The third-order valence-corrected chi connectivity index (χ3v) is 4.43. The standard InChI is InChI=1S/C17H27N3O/c1-3-13-7-9-15(10-8-13)19-17(21)20-16-6-4-5-14(11-16)12(2)18/h4-6,11-13,15H,3,7-10,18H2,1-2H3,(H2,19,20,21). The summed E-state index contributed by atoms with van der Waals surface area (Å²) in [5, 5.41) is 5.98. The van der Waals surface area contributed by atoms with Crippen LogP contribution in [0, 0.1) is 5.92 Å². The first-order valence-corrected chi connectivity index (χ1v) is 8.01. The van der Waals surface area contributed by atoms with Gasteiger partial charge in [-0.1, -0.05) is 25.5 Å². The number of amides is 2. The molecule has 4 nitrogen and oxygen atoms in total. The smallest absolute Gasteiger partial charge is 0.319 e. The molecular weight excluding hydrogens is 262 g/mol. The Labute approximate surface area is 127 Å². The zero-order valence-electron chi connectivity index (χ0n) is 13.1. The molecule has 0 aliphatic heterocycles. The molecule has 1 aliphatic carbocycles. The number of nitrogens with one attached hydrogen (secondary N) is 2. The summed E-state index contributed by atoms with van der Waals surface area (Å²) in [5.41, 5.74) is 7.68. The van der Waals surface area contributed by atoms with Crippen molar-refractivity contribution in [2.75, 3.05) is 5.32 Å². The van der Waals surface area contributed by atoms with E-state index in [4.69, 9.17) is 5.73 Å². The van der Waals surface area contributed by atoms with E-state index < -0.39 is 0 Å². The summed E-state index contributed by atoms with van der Waals surface area (Å²) in [6, 6.07) is 7.87. The predicted octanol–water partition coefficient (Wildman–Crippen LogP) is 3.80. The SMILES string of the molecule is CCC1CCC(NC(=O)Nc2cccc(C(C)N)c2)CC1. The van der Waals surface area contributed by atoms with Gasteiger partial charge >= 0.3 is 6.03 Å². The normalized spacial score (nSPS) is 23.4. The quantitative estimate of drug-likeness (QED) is 0.789. The first-order chi connectivity index (χ1) is 10.1. The third-order valence-electron chi connectivity index (χ3n) is 4.43. The lowest BCUT2D eigenvalue weighted by atomic mass is 9.85. The van der Waals surface area contributed by atoms with Crippen LogP contribution in [-0.2, 0) is 0 Å². The van der Waals surface area contributed by atoms with Crippen LogP contribution in [0.4, 0.5) is 10.5 Å². The van der Waals surface area contributed by atoms with Gasteiger partial charge in [0.1, 0.15) is 0 Å². The summed E-state index contributed by atoms with van der Waals surface area (Å²) in [6.45, 7) is 4.18. The van der Waals surface area contributed by atoms with Crippen molar-refractivity contribution in [2.45, 2.75) is 58.0 Å². The highest BCUT2D eigenvalue weighted by Gasteiger charge is 2.21. The molecule has 1 fully saturated rings. The highest BCUT2D eigenvalue weighted by molar-refractivity contribution is 5.89. The number of anilines is 1. The number of carbonyl (C=O) groups excluding carboxylic acids is 1. The maximum absolute atomic E-state index is 12.1. The second-order valence-electron chi connectivity index (χ2n) is 6.14. The second kappa shape index (κ2) is 7.46. The van der Waals surface area contributed by atoms with Crippen LogP contribution in [0.5, 0.6) is 0 Å². The zero-order valence-corrected chi connectivity index (χ0v) is 13.1. The van der Waals surface area contributed by atoms with E-state index in [1.807, 2.05) is 31.2 Å². The fourth-order valence-corrected chi connectivity index (χ4v) is 2.97. The van der Waals surface area contributed by atoms with E-state index in [1.54, 1.807) is 0 Å². The second-order valence-corrected chi connectivity index (χ2v) is 6.14. The Morgan fingerprint density at radius 2 is 2.05 bits per heavy atom. The van der Waals surface area contributed by atoms with Crippen molar-refractivity contribution in [3.63, 3.8) is 0 Å². The van der Waals surface area contributed by atoms with Gasteiger partial charge in [0, 0.05) is 17.8 Å². The van der Waals surface area contributed by atoms with E-state index in [0.717, 1.165) is 30.0 Å². The van der Waals surface area contributed by atoms with Gasteiger partial charge in [-0.25, -0.2) is 4.79 Å². The molecule has 0 radical (unpaired) electrons. The molecule has 1 aliphatic rings. The lowest BCUT2D eigenvalue weighted by Gasteiger charge is -2.28. The van der Waals surface area contributed by atoms with Gasteiger partial charge in [-0.2, -0.15) is 0 Å². The lowest BCUT2D eigenvalue weighted by molar-refractivity contribution is 0.237. The van der Waals surface area contributed by atoms with Gasteiger partial charge in [0.25, 0.3) is 0 Å². The van der Waals surface area contributed by atoms with Crippen molar-refractivity contribution in [3.05, 3.63) is 29.8 Å². The van der Waals surface area contributed by atoms with Gasteiger partial charge in [-0.15, -0.1) is 0 Å². The van der Waals surface area contributed by atoms with Crippen molar-refractivity contribution >= 4 is 11.7 Å². The van der Waals surface area contributed by atoms with Crippen molar-refractivity contribution in [1.29, 1.82) is 0 Å². The summed E-state index contributed by atoms with van der Waals surface area (Å²) < 4.78 is 0. The fourth-order valence-electron chi connectivity index (χ4n) is 2.97. The monoisotopic (exact) mass is 289 g/mol. The Hall–Kier alpha value is -1.55. The molecule has 4 heteroatoms. The first kappa shape index (κ1) is 15.8. The van der Waals surface area contributed by atoms with Gasteiger partial charge in [0.15, 0.2) is 0 Å². The Bertz CT molecular complexity index is 465. The molecule has 1 unspecified atom stereocenters. The molecular formula is C17H27N3O. The van der Waals surface area contributed by atoms with Crippen LogP contribution in [0.2, 0.25) is 0 Å². The van der Waals surface area contributed by atoms with E-state index >= 15 is 0 Å². The summed E-state index contributed by atoms with van der Waals surface area (Å²) in [4.78, 5) is 12.1. The van der Waals surface area contributed by atoms with Gasteiger partial charge in [-0.05, 0) is 56.2 Å². The van der Waals surface area contributed by atoms with E-state index in [0.29, 0.717) is 6.04 Å². The average molecular weight is 289 g/mol. The molecule has 0 saturated heterocycles. The molecule has 1 aromatic rings. The number of rotatable bonds is 4. The van der Waals surface area contributed by atoms with Crippen LogP contribution >= 0.6 is 0 Å². The highest BCUT2D eigenvalue weighted by Crippen LogP contribution is 2.26. The van der Waals surface area contributed by atoms with E-state index in [9.17, 15) is 4.79 Å². The third kappa shape index (κ3) is 4.74. The molecule has 0 bridgehead atoms. The molecule has 2 amide bonds. The minimum atomic E-state index is -0.114. The molecule has 0 heterocycles. The minimum absolute atomic E-state index is 0.0286. The fraction of sp³-hybridized carbons (Fsp3) is 0.588. The summed E-state index contributed by atoms with van der Waals surface area (Å²) in [5.74, 6) is 0.842. The van der Waals surface area contributed by atoms with Gasteiger partial charge in [0.05, 0.1) is 0 Å². The van der Waals surface area contributed by atoms with Crippen molar-refractivity contribution in [3.8, 4) is 0 Å². The molecule has 4 N–H and O–H groups in total. The maximum Gasteiger partial charge on any atom is 0.319 e. The van der Waals surface area contributed by atoms with Gasteiger partial charge in [0.2, 0.25) is 0 Å². The number of benzene rings is 1. The first-order valence-electron chi connectivity index (χ1n) is 8.01. The van der Waals surface area contributed by atoms with Crippen molar-refractivity contribution in [2.24, 2.45) is 11.7 Å². The lowest BCUT2D eigenvalue weighted by Crippen LogP contribution is -2.40. The molecule has 0 aromatic heterocycles. The predicted molar refractivity (Wildman–Crippen MR) is 87.2 cm³/mol. The van der Waals surface area contributed by atoms with Gasteiger partial charge < -0.3 is 16.4 Å². The van der Waals surface area contributed by atoms with Crippen LogP contribution in [-0.4, -0.2) is 12.1 Å². The molecule has 21 heavy (non-hydrogen) atoms. The Balaban J connectivity index is 1.83. The van der Waals surface area contributed by atoms with E-state index in [1.165, 1.54) is 19.3 Å². The molecule has 0 spiro atoms. The summed E-state index contributed by atoms with van der Waals surface area (Å²) in [6.07, 6.45) is 5.88. The maximum atomic E-state index is 12.1. The van der Waals surface area contributed by atoms with E-state index in [2.05, 4.69) is 17.6 Å². The summed E-state index contributed by atoms with van der Waals surface area (Å²) in [7, 11) is 0. The van der Waals surface area contributed by atoms with Crippen LogP contribution in [0.15, 0.2) is 24.3 Å². The van der Waals surface area contributed by atoms with Crippen LogP contribution in [0.3, 0.4) is 0 Å². The van der Waals surface area contributed by atoms with Gasteiger partial charge in [-0.3, -0.25) is 0 Å². The highest BCUT2D eigenvalue weighted by atomic mass is 16.2. The number of hydrogen-bond donors (Lipinski definition) is 3. The Morgan fingerprint density at radius 3 is 2.67 bits per heavy atom. The van der Waals surface area contributed by atoms with Crippen LogP contribution < -0.4 is 16.4 Å². The number of carbonyl (C=O) groups is 1. The summed E-state index contributed by atoms with van der Waals surface area (Å²) >= 11 is 0. The molecule has 1 saturated carbocycles. The minimum Gasteiger partial charge on any atom is -0.335 e. The van der Waals surface area contributed by atoms with Crippen molar-refractivity contribution < 1.29 is 4.79 Å². The Morgan fingerprint density at radius 1 is 1.33 bits per heavy atom. The van der Waals surface area contributed by atoms with Crippen LogP contribution in [0.1, 0.15) is 57.6 Å². The Kier molecular flexibility index (Phi) is 5.62. The number of urea groups is 1. The largest absolute Gasteiger partial charge is 0.335 e. The average Bonchev–Trinajstić information content (AvgIpc) is 2.48. The van der Waals surface area contributed by atoms with Crippen LogP contribution in [0.25, 0.3) is 0 Å². The van der Waals surface area contributed by atoms with E-state index in [-0.39, 0.29) is 12.1 Å². The zero-order chi connectivity index (χ0) is 15.2. The van der Waals surface area contributed by atoms with Crippen molar-refractivity contribution in [1.82, 2.24) is 5.32 Å². The molecule has 1 aromatic carbocycles. The molecule has 116 valence electrons.